The van der Waals surface area contributed by atoms with E-state index in [0.29, 0.717) is 17.4 Å². The van der Waals surface area contributed by atoms with Crippen LogP contribution in [0.25, 0.3) is 0 Å². The van der Waals surface area contributed by atoms with Crippen molar-refractivity contribution in [1.82, 2.24) is 10.0 Å². The van der Waals surface area contributed by atoms with Gasteiger partial charge in [0.15, 0.2) is 0 Å². The van der Waals surface area contributed by atoms with Gasteiger partial charge in [-0.2, -0.15) is 11.8 Å². The molecule has 0 radical (unpaired) electrons. The third-order valence-electron chi connectivity index (χ3n) is 3.40. The molecule has 1 aromatic carbocycles. The summed E-state index contributed by atoms with van der Waals surface area (Å²) in [5.74, 6) is 2.68. The lowest BCUT2D eigenvalue weighted by atomic mass is 10.1. The van der Waals surface area contributed by atoms with Crippen molar-refractivity contribution in [1.29, 1.82) is 0 Å². The van der Waals surface area contributed by atoms with Crippen LogP contribution in [0.15, 0.2) is 29.2 Å². The lowest BCUT2D eigenvalue weighted by Crippen LogP contribution is -2.29. The van der Waals surface area contributed by atoms with E-state index in [9.17, 15) is 8.42 Å². The Bertz CT molecular complexity index is 508. The van der Waals surface area contributed by atoms with Crippen molar-refractivity contribution in [3.63, 3.8) is 0 Å². The van der Waals surface area contributed by atoms with Crippen LogP contribution in [0.5, 0.6) is 0 Å². The molecule has 1 saturated heterocycles. The summed E-state index contributed by atoms with van der Waals surface area (Å²) in [6.45, 7) is 4.27. The van der Waals surface area contributed by atoms with Gasteiger partial charge < -0.3 is 5.32 Å². The first-order valence-electron chi connectivity index (χ1n) is 6.99. The highest BCUT2D eigenvalue weighted by atomic mass is 32.2. The second-order valence-electron chi connectivity index (χ2n) is 5.01. The third kappa shape index (κ3) is 4.48. The van der Waals surface area contributed by atoms with Gasteiger partial charge in [0, 0.05) is 13.1 Å². The fourth-order valence-electron chi connectivity index (χ4n) is 2.11. The van der Waals surface area contributed by atoms with E-state index in [-0.39, 0.29) is 0 Å². The monoisotopic (exact) mass is 314 g/mol. The van der Waals surface area contributed by atoms with Crippen LogP contribution in [0.1, 0.15) is 18.9 Å². The first kappa shape index (κ1) is 15.8. The summed E-state index contributed by atoms with van der Waals surface area (Å²) in [6.07, 6.45) is 1.11. The van der Waals surface area contributed by atoms with Gasteiger partial charge >= 0.3 is 0 Å². The lowest BCUT2D eigenvalue weighted by molar-refractivity contribution is 0.546. The van der Waals surface area contributed by atoms with Gasteiger partial charge in [0.05, 0.1) is 4.90 Å². The van der Waals surface area contributed by atoms with E-state index in [1.165, 1.54) is 0 Å². The molecular formula is C14H22N2O2S2. The van der Waals surface area contributed by atoms with Crippen LogP contribution >= 0.6 is 11.8 Å². The summed E-state index contributed by atoms with van der Waals surface area (Å²) in [5.41, 5.74) is 1.10. The molecule has 1 unspecified atom stereocenters. The Morgan fingerprint density at radius 1 is 1.30 bits per heavy atom. The average Bonchev–Trinajstić information content (AvgIpc) is 2.97. The van der Waals surface area contributed by atoms with Crippen molar-refractivity contribution >= 4 is 21.8 Å². The molecule has 1 aliphatic heterocycles. The highest BCUT2D eigenvalue weighted by molar-refractivity contribution is 7.99. The van der Waals surface area contributed by atoms with Crippen molar-refractivity contribution in [2.75, 3.05) is 24.6 Å². The predicted octanol–water partition coefficient (Wildman–Crippen LogP) is 1.83. The van der Waals surface area contributed by atoms with E-state index in [4.69, 9.17) is 0 Å². The molecule has 2 rings (SSSR count). The van der Waals surface area contributed by atoms with E-state index < -0.39 is 10.0 Å². The standard InChI is InChI=1S/C14H22N2O2S2/c1-2-15-9-12-3-5-14(6-4-12)20(17,18)16-10-13-7-8-19-11-13/h3-6,13,15-16H,2,7-11H2,1H3. The number of nitrogens with one attached hydrogen (secondary N) is 2. The van der Waals surface area contributed by atoms with Crippen LogP contribution < -0.4 is 10.0 Å². The van der Waals surface area contributed by atoms with Crippen LogP contribution in [-0.2, 0) is 16.6 Å². The molecular weight excluding hydrogens is 292 g/mol. The molecule has 112 valence electrons. The maximum absolute atomic E-state index is 12.2. The lowest BCUT2D eigenvalue weighted by Gasteiger charge is -2.11. The molecule has 0 aromatic heterocycles. The SMILES string of the molecule is CCNCc1ccc(S(=O)(=O)NCC2CCSC2)cc1. The molecule has 0 aliphatic carbocycles. The summed E-state index contributed by atoms with van der Waals surface area (Å²) in [7, 11) is -3.36. The minimum absolute atomic E-state index is 0.350. The average molecular weight is 314 g/mol. The van der Waals surface area contributed by atoms with Gasteiger partial charge in [-0.25, -0.2) is 13.1 Å². The highest BCUT2D eigenvalue weighted by Gasteiger charge is 2.19. The Morgan fingerprint density at radius 3 is 2.65 bits per heavy atom. The summed E-state index contributed by atoms with van der Waals surface area (Å²) in [6, 6.07) is 7.09. The third-order valence-corrected chi connectivity index (χ3v) is 6.07. The Hall–Kier alpha value is -0.560. The fourth-order valence-corrected chi connectivity index (χ4v) is 4.51. The van der Waals surface area contributed by atoms with Gasteiger partial charge in [0.1, 0.15) is 0 Å². The largest absolute Gasteiger partial charge is 0.313 e. The minimum Gasteiger partial charge on any atom is -0.313 e. The van der Waals surface area contributed by atoms with Crippen molar-refractivity contribution < 1.29 is 8.42 Å². The molecule has 20 heavy (non-hydrogen) atoms. The molecule has 4 nitrogen and oxygen atoms in total. The zero-order valence-corrected chi connectivity index (χ0v) is 13.4. The second-order valence-corrected chi connectivity index (χ2v) is 7.92. The van der Waals surface area contributed by atoms with Crippen LogP contribution in [0.4, 0.5) is 0 Å². The van der Waals surface area contributed by atoms with Crippen LogP contribution in [0, 0.1) is 5.92 Å². The maximum atomic E-state index is 12.2. The quantitative estimate of drug-likeness (QED) is 0.806. The minimum atomic E-state index is -3.36. The zero-order chi connectivity index (χ0) is 14.4. The Morgan fingerprint density at radius 2 is 2.05 bits per heavy atom. The molecule has 1 aromatic rings. The number of sulfonamides is 1. The molecule has 0 amide bonds. The molecule has 6 heteroatoms. The fraction of sp³-hybridized carbons (Fsp3) is 0.571. The zero-order valence-electron chi connectivity index (χ0n) is 11.8. The van der Waals surface area contributed by atoms with Gasteiger partial charge in [-0.1, -0.05) is 19.1 Å². The molecule has 1 heterocycles. The molecule has 0 saturated carbocycles. The number of hydrogen-bond donors (Lipinski definition) is 2. The van der Waals surface area contributed by atoms with E-state index in [0.717, 1.165) is 36.6 Å². The van der Waals surface area contributed by atoms with Gasteiger partial charge in [-0.15, -0.1) is 0 Å². The Kier molecular flexibility index (Phi) is 5.89. The molecule has 0 bridgehead atoms. The molecule has 1 aliphatic rings. The van der Waals surface area contributed by atoms with Gasteiger partial charge in [-0.05, 0) is 48.1 Å². The Balaban J connectivity index is 1.94. The van der Waals surface area contributed by atoms with Gasteiger partial charge in [-0.3, -0.25) is 0 Å². The van der Waals surface area contributed by atoms with E-state index in [1.807, 2.05) is 30.8 Å². The number of thioether (sulfide) groups is 1. The summed E-state index contributed by atoms with van der Waals surface area (Å²) >= 11 is 1.90. The van der Waals surface area contributed by atoms with Crippen LogP contribution in [0.3, 0.4) is 0 Å². The summed E-state index contributed by atoms with van der Waals surface area (Å²) in [5, 5.41) is 3.22. The highest BCUT2D eigenvalue weighted by Crippen LogP contribution is 2.23. The van der Waals surface area contributed by atoms with E-state index >= 15 is 0 Å². The maximum Gasteiger partial charge on any atom is 0.240 e. The predicted molar refractivity (Wildman–Crippen MR) is 84.4 cm³/mol. The molecule has 0 spiro atoms. The van der Waals surface area contributed by atoms with Crippen molar-refractivity contribution in [2.45, 2.75) is 24.8 Å². The van der Waals surface area contributed by atoms with E-state index in [2.05, 4.69) is 10.0 Å². The first-order valence-corrected chi connectivity index (χ1v) is 9.62. The van der Waals surface area contributed by atoms with Crippen molar-refractivity contribution in [3.8, 4) is 0 Å². The van der Waals surface area contributed by atoms with E-state index in [1.54, 1.807) is 12.1 Å². The summed E-state index contributed by atoms with van der Waals surface area (Å²) in [4.78, 5) is 0.350. The number of rotatable bonds is 7. The van der Waals surface area contributed by atoms with Crippen LogP contribution in [-0.4, -0.2) is 33.0 Å². The molecule has 2 N–H and O–H groups in total. The van der Waals surface area contributed by atoms with Gasteiger partial charge in [0.25, 0.3) is 0 Å². The van der Waals surface area contributed by atoms with Crippen molar-refractivity contribution in [2.24, 2.45) is 5.92 Å². The first-order chi connectivity index (χ1) is 9.62. The molecule has 1 fully saturated rings. The second kappa shape index (κ2) is 7.45. The molecule has 1 atom stereocenters. The van der Waals surface area contributed by atoms with Crippen molar-refractivity contribution in [3.05, 3.63) is 29.8 Å². The number of hydrogen-bond acceptors (Lipinski definition) is 4. The van der Waals surface area contributed by atoms with Crippen LogP contribution in [0.2, 0.25) is 0 Å². The Labute approximate surface area is 125 Å². The normalized spacial score (nSPS) is 19.4. The smallest absolute Gasteiger partial charge is 0.240 e. The summed E-state index contributed by atoms with van der Waals surface area (Å²) < 4.78 is 27.1. The number of benzene rings is 1. The van der Waals surface area contributed by atoms with Gasteiger partial charge in [0.2, 0.25) is 10.0 Å². The topological polar surface area (TPSA) is 58.2 Å².